The van der Waals surface area contributed by atoms with Gasteiger partial charge in [-0.15, -0.1) is 13.2 Å². The van der Waals surface area contributed by atoms with Gasteiger partial charge in [0.05, 0.1) is 24.3 Å². The normalized spacial score (nSPS) is 19.5. The molecule has 1 amide bonds. The molecule has 1 aromatic carbocycles. The van der Waals surface area contributed by atoms with Crippen molar-refractivity contribution in [3.8, 4) is 5.75 Å². The summed E-state index contributed by atoms with van der Waals surface area (Å²) in [6.45, 7) is 2.06. The maximum absolute atomic E-state index is 12.6. The van der Waals surface area contributed by atoms with E-state index in [0.717, 1.165) is 24.8 Å². The van der Waals surface area contributed by atoms with Crippen LogP contribution in [-0.4, -0.2) is 52.4 Å². The fourth-order valence-electron chi connectivity index (χ4n) is 3.99. The molecule has 0 unspecified atom stereocenters. The molecule has 7 nitrogen and oxygen atoms in total. The van der Waals surface area contributed by atoms with Crippen LogP contribution in [0.1, 0.15) is 46.7 Å². The minimum Gasteiger partial charge on any atom is -0.406 e. The second kappa shape index (κ2) is 7.37. The van der Waals surface area contributed by atoms with E-state index in [-0.39, 0.29) is 35.6 Å². The molecule has 1 saturated carbocycles. The lowest BCUT2D eigenvalue weighted by Crippen LogP contribution is -2.72. The van der Waals surface area contributed by atoms with Crippen molar-refractivity contribution in [1.82, 2.24) is 14.9 Å². The monoisotopic (exact) mass is 434 g/mol. The number of halogens is 3. The fraction of sp³-hybridized carbons (Fsp3) is 0.476. The molecule has 3 fully saturated rings. The number of carbonyl (C=O) groups excluding carboxylic acids is 1. The lowest BCUT2D eigenvalue weighted by atomic mass is 9.82. The molecule has 31 heavy (non-hydrogen) atoms. The number of nitrogens with one attached hydrogen (secondary N) is 1. The Hall–Kier alpha value is -2.88. The van der Waals surface area contributed by atoms with Gasteiger partial charge in [0.25, 0.3) is 5.91 Å². The molecule has 2 aliphatic heterocycles. The highest BCUT2D eigenvalue weighted by Crippen LogP contribution is 2.42. The van der Waals surface area contributed by atoms with Crippen LogP contribution in [-0.2, 0) is 11.3 Å². The Morgan fingerprint density at radius 1 is 1.23 bits per heavy atom. The van der Waals surface area contributed by atoms with E-state index in [9.17, 15) is 18.0 Å². The first-order valence-electron chi connectivity index (χ1n) is 10.2. The van der Waals surface area contributed by atoms with Crippen molar-refractivity contribution in [2.75, 3.05) is 25.1 Å². The Kier molecular flexibility index (Phi) is 4.76. The van der Waals surface area contributed by atoms with E-state index in [2.05, 4.69) is 20.0 Å². The molecule has 1 aliphatic carbocycles. The molecule has 0 atom stereocenters. The van der Waals surface area contributed by atoms with Gasteiger partial charge in [-0.2, -0.15) is 0 Å². The first-order chi connectivity index (χ1) is 14.8. The van der Waals surface area contributed by atoms with Crippen LogP contribution in [0.2, 0.25) is 0 Å². The van der Waals surface area contributed by atoms with E-state index in [1.54, 1.807) is 4.90 Å². The lowest BCUT2D eigenvalue weighted by Gasteiger charge is -2.57. The summed E-state index contributed by atoms with van der Waals surface area (Å²) in [6.07, 6.45) is 1.05. The summed E-state index contributed by atoms with van der Waals surface area (Å²) in [5.74, 6) is 0.228. The number of hydrogen-bond acceptors (Lipinski definition) is 6. The third-order valence-corrected chi connectivity index (χ3v) is 5.98. The van der Waals surface area contributed by atoms with Gasteiger partial charge >= 0.3 is 6.36 Å². The van der Waals surface area contributed by atoms with Crippen molar-refractivity contribution in [2.24, 2.45) is 0 Å². The molecule has 2 aromatic rings. The minimum atomic E-state index is -4.74. The number of anilines is 1. The summed E-state index contributed by atoms with van der Waals surface area (Å²) in [4.78, 5) is 22.8. The minimum absolute atomic E-state index is 0.118. The average Bonchev–Trinajstić information content (AvgIpc) is 3.48. The average molecular weight is 434 g/mol. The largest absolute Gasteiger partial charge is 0.573 e. The van der Waals surface area contributed by atoms with Crippen molar-refractivity contribution in [1.29, 1.82) is 0 Å². The van der Waals surface area contributed by atoms with E-state index in [0.29, 0.717) is 30.9 Å². The molecule has 3 heterocycles. The van der Waals surface area contributed by atoms with Crippen LogP contribution < -0.4 is 10.1 Å². The number of alkyl halides is 3. The number of amides is 1. The molecule has 3 aliphatic rings. The lowest BCUT2D eigenvalue weighted by molar-refractivity contribution is -0.274. The van der Waals surface area contributed by atoms with Crippen LogP contribution in [0.15, 0.2) is 30.6 Å². The number of likely N-dealkylation sites (tertiary alicyclic amines) is 1. The van der Waals surface area contributed by atoms with Gasteiger partial charge in [-0.1, -0.05) is 6.07 Å². The molecular weight excluding hydrogens is 413 g/mol. The molecule has 10 heteroatoms. The van der Waals surface area contributed by atoms with E-state index in [1.807, 2.05) is 6.07 Å². The van der Waals surface area contributed by atoms with Gasteiger partial charge in [-0.3, -0.25) is 4.79 Å². The summed E-state index contributed by atoms with van der Waals surface area (Å²) in [5.41, 5.74) is 1.72. The van der Waals surface area contributed by atoms with Crippen molar-refractivity contribution in [3.05, 3.63) is 47.3 Å². The number of nitrogens with zero attached hydrogens (tertiary/aromatic N) is 3. The maximum atomic E-state index is 12.6. The fourth-order valence-corrected chi connectivity index (χ4v) is 3.99. The number of ether oxygens (including phenoxy) is 2. The summed E-state index contributed by atoms with van der Waals surface area (Å²) in [7, 11) is 0. The van der Waals surface area contributed by atoms with Gasteiger partial charge in [0.2, 0.25) is 5.95 Å². The van der Waals surface area contributed by atoms with Gasteiger partial charge in [0.1, 0.15) is 5.75 Å². The second-order valence-electron chi connectivity index (χ2n) is 8.31. The molecule has 0 bridgehead atoms. The van der Waals surface area contributed by atoms with Gasteiger partial charge in [-0.25, -0.2) is 9.97 Å². The number of rotatable bonds is 6. The SMILES string of the molecule is O=C(c1cnc(NCc2cc(OC(F)(F)F)cc(C3CC3)c2)nc1)N1CCC12COC2. The summed E-state index contributed by atoms with van der Waals surface area (Å²) in [5, 5.41) is 3.00. The van der Waals surface area contributed by atoms with Crippen LogP contribution in [0.5, 0.6) is 5.75 Å². The highest BCUT2D eigenvalue weighted by molar-refractivity contribution is 5.95. The first kappa shape index (κ1) is 20.0. The highest BCUT2D eigenvalue weighted by Gasteiger charge is 2.53. The number of aromatic nitrogens is 2. The standard InChI is InChI=1S/C21H21F3N4O3/c22-21(23,24)31-17-6-13(5-15(7-17)14-1-2-14)8-25-19-26-9-16(10-27-19)18(29)28-4-3-20(28)11-30-12-20/h5-7,9-10,14H,1-4,8,11-12H2,(H,25,26,27). The van der Waals surface area contributed by atoms with Crippen molar-refractivity contribution in [3.63, 3.8) is 0 Å². The van der Waals surface area contributed by atoms with Crippen LogP contribution in [0.3, 0.4) is 0 Å². The predicted molar refractivity (Wildman–Crippen MR) is 104 cm³/mol. The third kappa shape index (κ3) is 4.16. The van der Waals surface area contributed by atoms with Gasteiger partial charge in [0.15, 0.2) is 0 Å². The third-order valence-electron chi connectivity index (χ3n) is 5.98. The number of hydrogen-bond donors (Lipinski definition) is 1. The van der Waals surface area contributed by atoms with Crippen LogP contribution in [0.25, 0.3) is 0 Å². The zero-order chi connectivity index (χ0) is 21.6. The smallest absolute Gasteiger partial charge is 0.406 e. The van der Waals surface area contributed by atoms with E-state index in [4.69, 9.17) is 4.74 Å². The molecular formula is C21H21F3N4O3. The van der Waals surface area contributed by atoms with Gasteiger partial charge in [-0.05, 0) is 48.4 Å². The van der Waals surface area contributed by atoms with Gasteiger partial charge in [0, 0.05) is 25.5 Å². The Morgan fingerprint density at radius 3 is 2.52 bits per heavy atom. The van der Waals surface area contributed by atoms with Crippen molar-refractivity contribution in [2.45, 2.75) is 43.6 Å². The molecule has 1 aromatic heterocycles. The Balaban J connectivity index is 1.24. The number of benzene rings is 1. The summed E-state index contributed by atoms with van der Waals surface area (Å²) < 4.78 is 47.3. The molecule has 0 radical (unpaired) electrons. The molecule has 1 spiro atoms. The second-order valence-corrected chi connectivity index (χ2v) is 8.31. The van der Waals surface area contributed by atoms with Gasteiger partial charge < -0.3 is 19.7 Å². The highest BCUT2D eigenvalue weighted by atomic mass is 19.4. The summed E-state index contributed by atoms with van der Waals surface area (Å²) in [6, 6.07) is 4.67. The topological polar surface area (TPSA) is 76.6 Å². The summed E-state index contributed by atoms with van der Waals surface area (Å²) >= 11 is 0. The Bertz CT molecular complexity index is 983. The molecule has 164 valence electrons. The first-order valence-corrected chi connectivity index (χ1v) is 10.2. The predicted octanol–water partition coefficient (Wildman–Crippen LogP) is 3.48. The van der Waals surface area contributed by atoms with Crippen LogP contribution in [0, 0.1) is 0 Å². The zero-order valence-corrected chi connectivity index (χ0v) is 16.6. The molecule has 2 saturated heterocycles. The Labute approximate surface area is 176 Å². The van der Waals surface area contributed by atoms with E-state index in [1.165, 1.54) is 24.5 Å². The van der Waals surface area contributed by atoms with Crippen LogP contribution >= 0.6 is 0 Å². The van der Waals surface area contributed by atoms with E-state index >= 15 is 0 Å². The quantitative estimate of drug-likeness (QED) is 0.750. The zero-order valence-electron chi connectivity index (χ0n) is 16.6. The maximum Gasteiger partial charge on any atom is 0.573 e. The Morgan fingerprint density at radius 2 is 1.97 bits per heavy atom. The number of carbonyl (C=O) groups is 1. The molecule has 5 rings (SSSR count). The van der Waals surface area contributed by atoms with Crippen LogP contribution in [0.4, 0.5) is 19.1 Å². The van der Waals surface area contributed by atoms with Crippen molar-refractivity contribution < 1.29 is 27.4 Å². The van der Waals surface area contributed by atoms with E-state index < -0.39 is 6.36 Å². The molecule has 1 N–H and O–H groups in total. The van der Waals surface area contributed by atoms with Crippen molar-refractivity contribution >= 4 is 11.9 Å².